The quantitative estimate of drug-likeness (QED) is 0.705. The summed E-state index contributed by atoms with van der Waals surface area (Å²) in [6.45, 7) is 2.27. The second-order valence-corrected chi connectivity index (χ2v) is 6.13. The van der Waals surface area contributed by atoms with E-state index >= 15 is 0 Å². The Kier molecular flexibility index (Phi) is 5.91. The fourth-order valence-corrected chi connectivity index (χ4v) is 3.40. The number of hydrogen-bond donors (Lipinski definition) is 1. The Balaban J connectivity index is 1.77. The molecule has 106 valence electrons. The first-order chi connectivity index (χ1) is 9.31. The van der Waals surface area contributed by atoms with Gasteiger partial charge in [-0.1, -0.05) is 75.8 Å². The van der Waals surface area contributed by atoms with Crippen molar-refractivity contribution in [3.8, 4) is 0 Å². The van der Waals surface area contributed by atoms with Crippen molar-refractivity contribution in [1.29, 1.82) is 0 Å². The summed E-state index contributed by atoms with van der Waals surface area (Å²) in [5.74, 6) is 1.40. The van der Waals surface area contributed by atoms with Gasteiger partial charge in [0.2, 0.25) is 0 Å². The molecule has 1 aliphatic rings. The van der Waals surface area contributed by atoms with E-state index in [9.17, 15) is 5.11 Å². The molecule has 1 aliphatic carbocycles. The van der Waals surface area contributed by atoms with Crippen molar-refractivity contribution in [3.05, 3.63) is 35.9 Å². The van der Waals surface area contributed by atoms with Gasteiger partial charge in [-0.25, -0.2) is 0 Å². The van der Waals surface area contributed by atoms with Crippen molar-refractivity contribution in [2.75, 3.05) is 0 Å². The van der Waals surface area contributed by atoms with Crippen LogP contribution < -0.4 is 0 Å². The molecule has 1 atom stereocenters. The van der Waals surface area contributed by atoms with Crippen LogP contribution in [0.3, 0.4) is 0 Å². The highest BCUT2D eigenvalue weighted by atomic mass is 16.3. The lowest BCUT2D eigenvalue weighted by Crippen LogP contribution is -2.20. The molecule has 1 aromatic rings. The van der Waals surface area contributed by atoms with E-state index in [1.54, 1.807) is 0 Å². The van der Waals surface area contributed by atoms with Gasteiger partial charge in [0.25, 0.3) is 0 Å². The highest BCUT2D eigenvalue weighted by Gasteiger charge is 2.26. The summed E-state index contributed by atoms with van der Waals surface area (Å²) in [4.78, 5) is 0. The molecule has 1 nitrogen and oxygen atoms in total. The van der Waals surface area contributed by atoms with Crippen molar-refractivity contribution in [3.63, 3.8) is 0 Å². The minimum Gasteiger partial charge on any atom is -0.388 e. The molecule has 1 saturated carbocycles. The highest BCUT2D eigenvalue weighted by Crippen LogP contribution is 2.38. The topological polar surface area (TPSA) is 20.2 Å². The van der Waals surface area contributed by atoms with E-state index in [-0.39, 0.29) is 6.10 Å². The number of benzene rings is 1. The maximum atomic E-state index is 10.4. The lowest BCUT2D eigenvalue weighted by atomic mass is 9.76. The summed E-state index contributed by atoms with van der Waals surface area (Å²) in [5.41, 5.74) is 1.09. The Hall–Kier alpha value is -0.820. The number of hydrogen-bond acceptors (Lipinski definition) is 1. The Morgan fingerprint density at radius 3 is 2.37 bits per heavy atom. The van der Waals surface area contributed by atoms with Crippen LogP contribution in [0.4, 0.5) is 0 Å². The molecule has 1 N–H and O–H groups in total. The Labute approximate surface area is 118 Å². The van der Waals surface area contributed by atoms with Gasteiger partial charge in [0.1, 0.15) is 0 Å². The van der Waals surface area contributed by atoms with Crippen molar-refractivity contribution in [1.82, 2.24) is 0 Å². The third-order valence-corrected chi connectivity index (χ3v) is 4.69. The lowest BCUT2D eigenvalue weighted by molar-refractivity contribution is 0.0719. The molecule has 2 rings (SSSR count). The minimum absolute atomic E-state index is 0.252. The molecular formula is C18H28O. The fraction of sp³-hybridized carbons (Fsp3) is 0.667. The molecule has 1 unspecified atom stereocenters. The monoisotopic (exact) mass is 260 g/mol. The predicted molar refractivity (Wildman–Crippen MR) is 81.0 cm³/mol. The standard InChI is InChI=1S/C18H28O/c1-2-3-5-8-15-11-13-17(14-12-15)18(19)16-9-6-4-7-10-16/h4,6-7,9-10,15,17-19H,2-3,5,8,11-14H2,1H3. The van der Waals surface area contributed by atoms with Crippen LogP contribution >= 0.6 is 0 Å². The van der Waals surface area contributed by atoms with Crippen LogP contribution in [0.15, 0.2) is 30.3 Å². The first-order valence-electron chi connectivity index (χ1n) is 8.04. The second-order valence-electron chi connectivity index (χ2n) is 6.13. The first kappa shape index (κ1) is 14.6. The summed E-state index contributed by atoms with van der Waals surface area (Å²) < 4.78 is 0. The van der Waals surface area contributed by atoms with Crippen LogP contribution in [0.5, 0.6) is 0 Å². The van der Waals surface area contributed by atoms with E-state index in [0.29, 0.717) is 5.92 Å². The van der Waals surface area contributed by atoms with E-state index in [0.717, 1.165) is 11.5 Å². The van der Waals surface area contributed by atoms with Crippen molar-refractivity contribution < 1.29 is 5.11 Å². The molecule has 1 heteroatoms. The summed E-state index contributed by atoms with van der Waals surface area (Å²) in [6, 6.07) is 10.2. The molecular weight excluding hydrogens is 232 g/mol. The molecule has 0 saturated heterocycles. The zero-order valence-corrected chi connectivity index (χ0v) is 12.2. The van der Waals surface area contributed by atoms with E-state index in [1.807, 2.05) is 18.2 Å². The van der Waals surface area contributed by atoms with Gasteiger partial charge in [-0.15, -0.1) is 0 Å². The zero-order valence-electron chi connectivity index (χ0n) is 12.2. The summed E-state index contributed by atoms with van der Waals surface area (Å²) >= 11 is 0. The van der Waals surface area contributed by atoms with Gasteiger partial charge in [0, 0.05) is 0 Å². The summed E-state index contributed by atoms with van der Waals surface area (Å²) in [5, 5.41) is 10.4. The molecule has 19 heavy (non-hydrogen) atoms. The molecule has 0 bridgehead atoms. The highest BCUT2D eigenvalue weighted by molar-refractivity contribution is 5.18. The van der Waals surface area contributed by atoms with Gasteiger partial charge in [0.05, 0.1) is 6.10 Å². The van der Waals surface area contributed by atoms with E-state index < -0.39 is 0 Å². The number of unbranched alkanes of at least 4 members (excludes halogenated alkanes) is 2. The average Bonchev–Trinajstić information content (AvgIpc) is 2.48. The number of aliphatic hydroxyl groups is 1. The van der Waals surface area contributed by atoms with Crippen LogP contribution in [0.1, 0.15) is 70.0 Å². The zero-order chi connectivity index (χ0) is 13.5. The van der Waals surface area contributed by atoms with E-state index in [2.05, 4.69) is 19.1 Å². The van der Waals surface area contributed by atoms with Crippen LogP contribution in [0.25, 0.3) is 0 Å². The van der Waals surface area contributed by atoms with Gasteiger partial charge >= 0.3 is 0 Å². The Morgan fingerprint density at radius 1 is 1.05 bits per heavy atom. The summed E-state index contributed by atoms with van der Waals surface area (Å²) in [7, 11) is 0. The van der Waals surface area contributed by atoms with Crippen LogP contribution in [-0.2, 0) is 0 Å². The summed E-state index contributed by atoms with van der Waals surface area (Å²) in [6.07, 6.45) is 10.3. The minimum atomic E-state index is -0.252. The third-order valence-electron chi connectivity index (χ3n) is 4.69. The molecule has 0 aliphatic heterocycles. The van der Waals surface area contributed by atoms with E-state index in [4.69, 9.17) is 0 Å². The largest absolute Gasteiger partial charge is 0.388 e. The maximum absolute atomic E-state index is 10.4. The number of aliphatic hydroxyl groups excluding tert-OH is 1. The first-order valence-corrected chi connectivity index (χ1v) is 8.04. The molecule has 1 aromatic carbocycles. The fourth-order valence-electron chi connectivity index (χ4n) is 3.40. The predicted octanol–water partition coefficient (Wildman–Crippen LogP) is 5.11. The lowest BCUT2D eigenvalue weighted by Gasteiger charge is -2.31. The Bertz CT molecular complexity index is 338. The third kappa shape index (κ3) is 4.35. The smallest absolute Gasteiger partial charge is 0.0818 e. The van der Waals surface area contributed by atoms with Gasteiger partial charge < -0.3 is 5.11 Å². The maximum Gasteiger partial charge on any atom is 0.0818 e. The van der Waals surface area contributed by atoms with Gasteiger partial charge in [-0.2, -0.15) is 0 Å². The van der Waals surface area contributed by atoms with E-state index in [1.165, 1.54) is 51.4 Å². The molecule has 0 spiro atoms. The normalized spacial score (nSPS) is 25.2. The average molecular weight is 260 g/mol. The van der Waals surface area contributed by atoms with Gasteiger partial charge in [-0.05, 0) is 30.2 Å². The molecule has 0 aromatic heterocycles. The van der Waals surface area contributed by atoms with Crippen LogP contribution in [0.2, 0.25) is 0 Å². The van der Waals surface area contributed by atoms with Crippen molar-refractivity contribution in [2.45, 2.75) is 64.4 Å². The SMILES string of the molecule is CCCCCC1CCC(C(O)c2ccccc2)CC1. The Morgan fingerprint density at radius 2 is 1.74 bits per heavy atom. The second kappa shape index (κ2) is 7.69. The number of rotatable bonds is 6. The molecule has 0 radical (unpaired) electrons. The van der Waals surface area contributed by atoms with Gasteiger partial charge in [-0.3, -0.25) is 0 Å². The van der Waals surface area contributed by atoms with Crippen LogP contribution in [0, 0.1) is 11.8 Å². The molecule has 1 fully saturated rings. The van der Waals surface area contributed by atoms with Crippen molar-refractivity contribution in [2.24, 2.45) is 11.8 Å². The van der Waals surface area contributed by atoms with Crippen LogP contribution in [-0.4, -0.2) is 5.11 Å². The van der Waals surface area contributed by atoms with Crippen molar-refractivity contribution >= 4 is 0 Å². The molecule has 0 heterocycles. The molecule has 0 amide bonds. The van der Waals surface area contributed by atoms with Gasteiger partial charge in [0.15, 0.2) is 0 Å².